The highest BCUT2D eigenvalue weighted by molar-refractivity contribution is 6.33. The van der Waals surface area contributed by atoms with E-state index in [0.717, 1.165) is 0 Å². The molecule has 2 aromatic heterocycles. The molecular weight excluding hydrogens is 232 g/mol. The van der Waals surface area contributed by atoms with E-state index in [1.54, 1.807) is 6.07 Å². The topological polar surface area (TPSA) is 96.5 Å². The molecule has 82 valence electrons. The fourth-order valence-corrected chi connectivity index (χ4v) is 1.25. The van der Waals surface area contributed by atoms with Crippen molar-refractivity contribution in [3.8, 4) is 0 Å². The van der Waals surface area contributed by atoms with Gasteiger partial charge in [0.1, 0.15) is 0 Å². The van der Waals surface area contributed by atoms with Crippen molar-refractivity contribution in [3.63, 3.8) is 0 Å². The molecule has 2 rings (SSSR count). The second-order valence-corrected chi connectivity index (χ2v) is 3.27. The first-order valence-electron chi connectivity index (χ1n) is 4.37. The van der Waals surface area contributed by atoms with Crippen LogP contribution in [0.15, 0.2) is 18.5 Å². The Morgan fingerprint density at radius 1 is 1.56 bits per heavy atom. The van der Waals surface area contributed by atoms with Gasteiger partial charge < -0.3 is 5.32 Å². The number of amides is 1. The van der Waals surface area contributed by atoms with Gasteiger partial charge in [0.15, 0.2) is 5.82 Å². The minimum atomic E-state index is -0.331. The average Bonchev–Trinajstić information content (AvgIpc) is 2.79. The van der Waals surface area contributed by atoms with Crippen molar-refractivity contribution in [2.75, 3.05) is 0 Å². The Kier molecular flexibility index (Phi) is 3.06. The van der Waals surface area contributed by atoms with Crippen LogP contribution >= 0.6 is 11.6 Å². The predicted molar refractivity (Wildman–Crippen MR) is 54.6 cm³/mol. The zero-order valence-corrected chi connectivity index (χ0v) is 8.77. The summed E-state index contributed by atoms with van der Waals surface area (Å²) >= 11 is 5.83. The van der Waals surface area contributed by atoms with Gasteiger partial charge in [-0.05, 0) is 6.07 Å². The summed E-state index contributed by atoms with van der Waals surface area (Å²) in [6.07, 6.45) is 2.91. The Hall–Kier alpha value is -2.02. The molecule has 0 aliphatic heterocycles. The van der Waals surface area contributed by atoms with Crippen LogP contribution in [0.1, 0.15) is 16.2 Å². The Morgan fingerprint density at radius 3 is 3.12 bits per heavy atom. The minimum Gasteiger partial charge on any atom is -0.344 e. The van der Waals surface area contributed by atoms with E-state index in [9.17, 15) is 4.79 Å². The molecule has 0 unspecified atom stereocenters. The van der Waals surface area contributed by atoms with Gasteiger partial charge in [-0.25, -0.2) is 0 Å². The van der Waals surface area contributed by atoms with Crippen molar-refractivity contribution in [3.05, 3.63) is 34.9 Å². The van der Waals surface area contributed by atoms with Gasteiger partial charge >= 0.3 is 0 Å². The first-order chi connectivity index (χ1) is 7.77. The van der Waals surface area contributed by atoms with Gasteiger partial charge in [-0.15, -0.1) is 10.2 Å². The maximum absolute atomic E-state index is 11.6. The largest absolute Gasteiger partial charge is 0.344 e. The average molecular weight is 239 g/mol. The lowest BCUT2D eigenvalue weighted by atomic mass is 10.2. The number of nitrogens with zero attached hydrogens (tertiary/aromatic N) is 4. The number of H-pyrrole nitrogens is 1. The van der Waals surface area contributed by atoms with Gasteiger partial charge in [0, 0.05) is 12.4 Å². The molecule has 0 saturated heterocycles. The van der Waals surface area contributed by atoms with Gasteiger partial charge in [0.05, 0.1) is 17.1 Å². The summed E-state index contributed by atoms with van der Waals surface area (Å²) in [5, 5.41) is 16.0. The number of aromatic nitrogens is 5. The molecule has 0 fully saturated rings. The second-order valence-electron chi connectivity index (χ2n) is 2.87. The van der Waals surface area contributed by atoms with Crippen molar-refractivity contribution in [2.24, 2.45) is 0 Å². The molecule has 0 spiro atoms. The number of nitrogens with one attached hydrogen (secondary N) is 2. The summed E-state index contributed by atoms with van der Waals surface area (Å²) in [7, 11) is 0. The van der Waals surface area contributed by atoms with Crippen molar-refractivity contribution in [1.82, 2.24) is 30.9 Å². The Labute approximate surface area is 95.2 Å². The fraction of sp³-hybridized carbons (Fsp3) is 0.125. The van der Waals surface area contributed by atoms with Crippen LogP contribution in [0.25, 0.3) is 0 Å². The minimum absolute atomic E-state index is 0.181. The second kappa shape index (κ2) is 4.67. The van der Waals surface area contributed by atoms with E-state index in [2.05, 4.69) is 30.9 Å². The summed E-state index contributed by atoms with van der Waals surface area (Å²) in [6, 6.07) is 1.55. The van der Waals surface area contributed by atoms with Gasteiger partial charge in [0.25, 0.3) is 5.91 Å². The number of carbonyl (C=O) groups is 1. The molecule has 2 aromatic rings. The monoisotopic (exact) mass is 238 g/mol. The van der Waals surface area contributed by atoms with Crippen LogP contribution in [-0.4, -0.2) is 31.5 Å². The summed E-state index contributed by atoms with van der Waals surface area (Å²) in [5.41, 5.74) is 0.313. The molecule has 0 aromatic carbocycles. The maximum Gasteiger partial charge on any atom is 0.254 e. The fourth-order valence-electron chi connectivity index (χ4n) is 1.06. The molecule has 0 radical (unpaired) electrons. The lowest BCUT2D eigenvalue weighted by Crippen LogP contribution is -2.23. The smallest absolute Gasteiger partial charge is 0.254 e. The van der Waals surface area contributed by atoms with Crippen LogP contribution in [-0.2, 0) is 6.54 Å². The number of halogens is 1. The molecule has 8 heteroatoms. The number of hydrogen-bond donors (Lipinski definition) is 2. The molecule has 0 atom stereocenters. The first-order valence-corrected chi connectivity index (χ1v) is 4.75. The third-order valence-electron chi connectivity index (χ3n) is 1.81. The van der Waals surface area contributed by atoms with Crippen LogP contribution in [0.4, 0.5) is 0 Å². The van der Waals surface area contributed by atoms with Gasteiger partial charge in [-0.3, -0.25) is 9.78 Å². The van der Waals surface area contributed by atoms with E-state index in [4.69, 9.17) is 11.6 Å². The van der Waals surface area contributed by atoms with E-state index in [0.29, 0.717) is 16.4 Å². The first kappa shape index (κ1) is 10.5. The molecule has 0 aliphatic carbocycles. The molecule has 2 N–H and O–H groups in total. The molecule has 0 bridgehead atoms. The van der Waals surface area contributed by atoms with Crippen molar-refractivity contribution in [2.45, 2.75) is 6.54 Å². The number of carbonyl (C=O) groups excluding carboxylic acids is 1. The zero-order valence-electron chi connectivity index (χ0n) is 8.01. The summed E-state index contributed by atoms with van der Waals surface area (Å²) in [6.45, 7) is 0.181. The SMILES string of the molecule is O=C(NCc1nn[nH]n1)c1cnccc1Cl. The van der Waals surface area contributed by atoms with E-state index >= 15 is 0 Å². The maximum atomic E-state index is 11.6. The standard InChI is InChI=1S/C8H7ClN6O/c9-6-1-2-10-3-5(6)8(16)11-4-7-12-14-15-13-7/h1-3H,4H2,(H,11,16)(H,12,13,14,15). The van der Waals surface area contributed by atoms with Gasteiger partial charge in [0.2, 0.25) is 0 Å². The molecule has 1 amide bonds. The molecule has 7 nitrogen and oxygen atoms in total. The van der Waals surface area contributed by atoms with E-state index in [1.165, 1.54) is 12.4 Å². The lowest BCUT2D eigenvalue weighted by molar-refractivity contribution is 0.0949. The zero-order chi connectivity index (χ0) is 11.4. The molecular formula is C8H7ClN6O. The number of tetrazole rings is 1. The number of aromatic amines is 1. The summed E-state index contributed by atoms with van der Waals surface area (Å²) in [5.74, 6) is 0.0660. The highest BCUT2D eigenvalue weighted by Gasteiger charge is 2.10. The van der Waals surface area contributed by atoms with E-state index in [1.807, 2.05) is 0 Å². The quantitative estimate of drug-likeness (QED) is 0.795. The van der Waals surface area contributed by atoms with Crippen LogP contribution in [0.5, 0.6) is 0 Å². The summed E-state index contributed by atoms with van der Waals surface area (Å²) in [4.78, 5) is 15.5. The highest BCUT2D eigenvalue weighted by Crippen LogP contribution is 2.12. The Bertz CT molecular complexity index is 485. The molecule has 2 heterocycles. The normalized spacial score (nSPS) is 10.1. The van der Waals surface area contributed by atoms with Crippen LogP contribution in [0, 0.1) is 0 Å². The number of hydrogen-bond acceptors (Lipinski definition) is 5. The molecule has 0 saturated carbocycles. The molecule has 0 aliphatic rings. The number of pyridine rings is 1. The van der Waals surface area contributed by atoms with Gasteiger partial charge in [-0.1, -0.05) is 16.8 Å². The van der Waals surface area contributed by atoms with E-state index < -0.39 is 0 Å². The van der Waals surface area contributed by atoms with Crippen molar-refractivity contribution in [1.29, 1.82) is 0 Å². The van der Waals surface area contributed by atoms with E-state index in [-0.39, 0.29) is 12.5 Å². The van der Waals surface area contributed by atoms with Crippen molar-refractivity contribution < 1.29 is 4.79 Å². The van der Waals surface area contributed by atoms with Gasteiger partial charge in [-0.2, -0.15) is 5.21 Å². The van der Waals surface area contributed by atoms with Crippen LogP contribution < -0.4 is 5.32 Å². The predicted octanol–water partition coefficient (Wildman–Crippen LogP) is 0.178. The Morgan fingerprint density at radius 2 is 2.44 bits per heavy atom. The Balaban J connectivity index is 2.01. The van der Waals surface area contributed by atoms with Crippen LogP contribution in [0.2, 0.25) is 5.02 Å². The highest BCUT2D eigenvalue weighted by atomic mass is 35.5. The number of rotatable bonds is 3. The third-order valence-corrected chi connectivity index (χ3v) is 2.14. The molecule has 16 heavy (non-hydrogen) atoms. The third kappa shape index (κ3) is 2.31. The lowest BCUT2D eigenvalue weighted by Gasteiger charge is -2.03. The van der Waals surface area contributed by atoms with Crippen molar-refractivity contribution >= 4 is 17.5 Å². The van der Waals surface area contributed by atoms with Crippen LogP contribution in [0.3, 0.4) is 0 Å². The summed E-state index contributed by atoms with van der Waals surface area (Å²) < 4.78 is 0.